The van der Waals surface area contributed by atoms with Crippen LogP contribution < -0.4 is 20.4 Å². The topological polar surface area (TPSA) is 108 Å². The van der Waals surface area contributed by atoms with E-state index in [0.717, 1.165) is 39.0 Å². The Morgan fingerprint density at radius 1 is 0.895 bits per heavy atom. The molecule has 1 amide bonds. The Morgan fingerprint density at radius 2 is 1.45 bits per heavy atom. The lowest BCUT2D eigenvalue weighted by atomic mass is 9.82. The summed E-state index contributed by atoms with van der Waals surface area (Å²) in [5.41, 5.74) is -0.756. The van der Waals surface area contributed by atoms with Crippen LogP contribution in [0, 0.1) is 5.92 Å². The molecular weight excluding hydrogens is 484 g/mol. The van der Waals surface area contributed by atoms with Gasteiger partial charge in [0.15, 0.2) is 0 Å². The second-order valence-corrected chi connectivity index (χ2v) is 12.4. The summed E-state index contributed by atoms with van der Waals surface area (Å²) in [6.07, 6.45) is 6.05. The Kier molecular flexibility index (Phi) is 8.25. The largest absolute Gasteiger partial charge is 0.378 e. The molecule has 1 unspecified atom stereocenters. The van der Waals surface area contributed by atoms with Crippen molar-refractivity contribution in [2.24, 2.45) is 5.92 Å². The number of piperazine rings is 1. The molecular formula is C27H46N8O3. The first-order chi connectivity index (χ1) is 18.2. The van der Waals surface area contributed by atoms with Gasteiger partial charge in [0, 0.05) is 50.8 Å². The summed E-state index contributed by atoms with van der Waals surface area (Å²) in [6.45, 7) is 15.4. The molecule has 4 heterocycles. The number of morpholine rings is 2. The highest BCUT2D eigenvalue weighted by Gasteiger charge is 2.44. The lowest BCUT2D eigenvalue weighted by Gasteiger charge is -2.48. The van der Waals surface area contributed by atoms with Crippen LogP contribution in [0.3, 0.4) is 0 Å². The summed E-state index contributed by atoms with van der Waals surface area (Å²) < 4.78 is 11.1. The maximum Gasteiger partial charge on any atom is 0.242 e. The number of rotatable bonds is 7. The lowest BCUT2D eigenvalue weighted by molar-refractivity contribution is -0.144. The van der Waals surface area contributed by atoms with Crippen molar-refractivity contribution < 1.29 is 14.3 Å². The second kappa shape index (κ2) is 11.5. The molecule has 1 aromatic heterocycles. The van der Waals surface area contributed by atoms with Crippen LogP contribution in [0.15, 0.2) is 0 Å². The number of carbonyl (C=O) groups is 1. The van der Waals surface area contributed by atoms with Gasteiger partial charge in [0.05, 0.1) is 32.0 Å². The highest BCUT2D eigenvalue weighted by atomic mass is 16.5. The van der Waals surface area contributed by atoms with Gasteiger partial charge in [0.25, 0.3) is 0 Å². The summed E-state index contributed by atoms with van der Waals surface area (Å²) in [4.78, 5) is 34.6. The zero-order valence-corrected chi connectivity index (χ0v) is 23.7. The Balaban J connectivity index is 1.43. The molecule has 0 aromatic carbocycles. The molecule has 4 aliphatic rings. The van der Waals surface area contributed by atoms with Crippen LogP contribution in [0.5, 0.6) is 0 Å². The maximum atomic E-state index is 13.5. The minimum absolute atomic E-state index is 0.0708. The van der Waals surface area contributed by atoms with Crippen LogP contribution in [0.4, 0.5) is 17.8 Å². The normalized spacial score (nSPS) is 25.4. The molecule has 3 aliphatic heterocycles. The molecule has 1 saturated carbocycles. The Bertz CT molecular complexity index is 919. The molecule has 0 bridgehead atoms. The molecule has 38 heavy (non-hydrogen) atoms. The van der Waals surface area contributed by atoms with E-state index in [-0.39, 0.29) is 17.5 Å². The van der Waals surface area contributed by atoms with Crippen molar-refractivity contribution in [3.8, 4) is 0 Å². The fourth-order valence-corrected chi connectivity index (χ4v) is 6.51. The smallest absolute Gasteiger partial charge is 0.242 e. The summed E-state index contributed by atoms with van der Waals surface area (Å²) >= 11 is 0. The minimum Gasteiger partial charge on any atom is -0.378 e. The van der Waals surface area contributed by atoms with E-state index in [1.807, 2.05) is 13.8 Å². The second-order valence-electron chi connectivity index (χ2n) is 12.4. The van der Waals surface area contributed by atoms with Crippen molar-refractivity contribution in [1.82, 2.24) is 25.2 Å². The van der Waals surface area contributed by atoms with Gasteiger partial charge in [-0.05, 0) is 46.5 Å². The average molecular weight is 531 g/mol. The molecule has 2 N–H and O–H groups in total. The number of ether oxygens (including phenoxy) is 2. The lowest BCUT2D eigenvalue weighted by Crippen LogP contribution is -2.70. The number of carbonyl (C=O) groups excluding carboxylic acids is 1. The highest BCUT2D eigenvalue weighted by Crippen LogP contribution is 2.31. The molecule has 1 atom stereocenters. The summed E-state index contributed by atoms with van der Waals surface area (Å²) in [5, 5.41) is 7.26. The summed E-state index contributed by atoms with van der Waals surface area (Å²) in [6, 6.07) is 0.0708. The van der Waals surface area contributed by atoms with Gasteiger partial charge in [-0.3, -0.25) is 10.1 Å². The Hall–Kier alpha value is -2.24. The predicted octanol–water partition coefficient (Wildman–Crippen LogP) is 1.89. The van der Waals surface area contributed by atoms with Crippen LogP contribution in [0.25, 0.3) is 0 Å². The van der Waals surface area contributed by atoms with Crippen molar-refractivity contribution >= 4 is 23.8 Å². The Labute approximate surface area is 227 Å². The van der Waals surface area contributed by atoms with Crippen molar-refractivity contribution in [3.05, 3.63) is 0 Å². The molecule has 0 spiro atoms. The average Bonchev–Trinajstić information content (AvgIpc) is 2.92. The maximum absolute atomic E-state index is 13.5. The fraction of sp³-hybridized carbons (Fsp3) is 0.852. The van der Waals surface area contributed by atoms with E-state index in [0.29, 0.717) is 63.3 Å². The van der Waals surface area contributed by atoms with Gasteiger partial charge in [-0.25, -0.2) is 0 Å². The fourth-order valence-electron chi connectivity index (χ4n) is 6.51. The van der Waals surface area contributed by atoms with E-state index in [1.54, 1.807) is 0 Å². The SMILES string of the molecule is CC1(C)CN(CC(Nc2nc(N3CCOCC3)nc(N3CCOCC3)n2)C2CCCCC2)C(=O)C(C)(C)N1. The van der Waals surface area contributed by atoms with Gasteiger partial charge in [0.1, 0.15) is 0 Å². The Morgan fingerprint density at radius 3 is 2.00 bits per heavy atom. The molecule has 11 nitrogen and oxygen atoms in total. The summed E-state index contributed by atoms with van der Waals surface area (Å²) in [7, 11) is 0. The number of hydrogen-bond acceptors (Lipinski definition) is 10. The summed E-state index contributed by atoms with van der Waals surface area (Å²) in [5.74, 6) is 2.59. The van der Waals surface area contributed by atoms with Crippen molar-refractivity contribution in [1.29, 1.82) is 0 Å². The third-order valence-corrected chi connectivity index (χ3v) is 8.21. The van der Waals surface area contributed by atoms with Crippen LogP contribution >= 0.6 is 0 Å². The highest BCUT2D eigenvalue weighted by molar-refractivity contribution is 5.86. The van der Waals surface area contributed by atoms with Gasteiger partial charge >= 0.3 is 0 Å². The van der Waals surface area contributed by atoms with Crippen LogP contribution in [0.1, 0.15) is 59.8 Å². The molecule has 212 valence electrons. The third-order valence-electron chi connectivity index (χ3n) is 8.21. The molecule has 4 fully saturated rings. The van der Waals surface area contributed by atoms with Crippen molar-refractivity contribution in [2.45, 2.75) is 76.9 Å². The first-order valence-electron chi connectivity index (χ1n) is 14.5. The quantitative estimate of drug-likeness (QED) is 0.543. The standard InChI is InChI=1S/C27H46N8O3/c1-26(2)19-35(22(36)27(3,4)32-26)18-21(20-8-6-5-7-9-20)28-23-29-24(33-10-14-37-15-11-33)31-25(30-23)34-12-16-38-17-13-34/h20-21,32H,5-19H2,1-4H3,(H,28,29,30,31). The molecule has 1 aromatic rings. The zero-order chi connectivity index (χ0) is 26.8. The van der Waals surface area contributed by atoms with E-state index in [4.69, 9.17) is 24.4 Å². The van der Waals surface area contributed by atoms with E-state index in [9.17, 15) is 4.79 Å². The van der Waals surface area contributed by atoms with E-state index in [1.165, 1.54) is 19.3 Å². The number of aromatic nitrogens is 3. The first kappa shape index (κ1) is 27.3. The molecule has 3 saturated heterocycles. The number of nitrogens with zero attached hydrogens (tertiary/aromatic N) is 6. The van der Waals surface area contributed by atoms with Crippen LogP contribution in [0.2, 0.25) is 0 Å². The third kappa shape index (κ3) is 6.48. The predicted molar refractivity (Wildman–Crippen MR) is 148 cm³/mol. The van der Waals surface area contributed by atoms with Crippen molar-refractivity contribution in [3.63, 3.8) is 0 Å². The minimum atomic E-state index is -0.598. The zero-order valence-electron chi connectivity index (χ0n) is 23.7. The molecule has 5 rings (SSSR count). The van der Waals surface area contributed by atoms with E-state index < -0.39 is 5.54 Å². The van der Waals surface area contributed by atoms with Gasteiger partial charge in [-0.2, -0.15) is 15.0 Å². The van der Waals surface area contributed by atoms with Crippen molar-refractivity contribution in [2.75, 3.05) is 80.8 Å². The number of nitrogens with one attached hydrogen (secondary N) is 2. The molecule has 11 heteroatoms. The van der Waals surface area contributed by atoms with E-state index >= 15 is 0 Å². The number of amides is 1. The first-order valence-corrected chi connectivity index (χ1v) is 14.5. The van der Waals surface area contributed by atoms with Crippen LogP contribution in [-0.2, 0) is 14.3 Å². The number of hydrogen-bond donors (Lipinski definition) is 2. The number of anilines is 3. The van der Waals surface area contributed by atoms with Gasteiger partial charge in [-0.1, -0.05) is 19.3 Å². The van der Waals surface area contributed by atoms with E-state index in [2.05, 4.69) is 39.2 Å². The van der Waals surface area contributed by atoms with Gasteiger partial charge < -0.3 is 29.5 Å². The van der Waals surface area contributed by atoms with Gasteiger partial charge in [-0.15, -0.1) is 0 Å². The molecule has 0 radical (unpaired) electrons. The monoisotopic (exact) mass is 530 g/mol. The van der Waals surface area contributed by atoms with Gasteiger partial charge in [0.2, 0.25) is 23.8 Å². The van der Waals surface area contributed by atoms with Crippen LogP contribution in [-0.4, -0.2) is 109 Å². The molecule has 1 aliphatic carbocycles.